The summed E-state index contributed by atoms with van der Waals surface area (Å²) in [6, 6.07) is 12.1. The van der Waals surface area contributed by atoms with E-state index in [-0.39, 0.29) is 10.5 Å². The van der Waals surface area contributed by atoms with Crippen LogP contribution in [0.3, 0.4) is 0 Å². The molecule has 2 aliphatic carbocycles. The van der Waals surface area contributed by atoms with Crippen molar-refractivity contribution in [3.8, 4) is 0 Å². The molecule has 0 unspecified atom stereocenters. The molecule has 0 heterocycles. The molecule has 2 saturated carbocycles. The Morgan fingerprint density at radius 2 is 1.72 bits per heavy atom. The molecule has 0 amide bonds. The van der Waals surface area contributed by atoms with Gasteiger partial charge in [-0.2, -0.15) is 0 Å². The van der Waals surface area contributed by atoms with E-state index in [2.05, 4.69) is 0 Å². The third kappa shape index (κ3) is 4.20. The molecule has 7 heteroatoms. The first-order chi connectivity index (χ1) is 15.1. The van der Waals surface area contributed by atoms with Gasteiger partial charge in [0, 0.05) is 11.8 Å². The Bertz CT molecular complexity index is 1110. The standard InChI is InChI=1S/C25H29FO5S/c1-17-21(26)14-20(15-22(17)32(2,29)30)25(31-16-18-8-9-18)12-10-24(11-13-25,23(27)28)19-6-4-3-5-7-19/h3-7,14-15,18H,8-13,16H2,1-2H3,(H,27,28). The van der Waals surface area contributed by atoms with Crippen molar-refractivity contribution in [1.82, 2.24) is 0 Å². The van der Waals surface area contributed by atoms with Crippen molar-refractivity contribution >= 4 is 15.8 Å². The molecule has 2 aliphatic rings. The summed E-state index contributed by atoms with van der Waals surface area (Å²) in [7, 11) is -3.63. The Morgan fingerprint density at radius 1 is 1.09 bits per heavy atom. The first-order valence-electron chi connectivity index (χ1n) is 11.0. The number of hydrogen-bond donors (Lipinski definition) is 1. The molecular weight excluding hydrogens is 431 g/mol. The number of halogens is 1. The molecule has 0 atom stereocenters. The SMILES string of the molecule is Cc1c(F)cc(C2(OCC3CC3)CCC(C(=O)O)(c3ccccc3)CC2)cc1S(C)(=O)=O. The van der Waals surface area contributed by atoms with Crippen LogP contribution < -0.4 is 0 Å². The highest BCUT2D eigenvalue weighted by Gasteiger charge is 2.50. The number of benzene rings is 2. The molecule has 32 heavy (non-hydrogen) atoms. The average Bonchev–Trinajstić information content (AvgIpc) is 3.59. The lowest BCUT2D eigenvalue weighted by Gasteiger charge is -2.45. The minimum atomic E-state index is -3.63. The molecule has 2 aromatic rings. The summed E-state index contributed by atoms with van der Waals surface area (Å²) < 4.78 is 45.9. The second-order valence-corrected chi connectivity index (χ2v) is 11.3. The maximum absolute atomic E-state index is 14.8. The van der Waals surface area contributed by atoms with Crippen molar-refractivity contribution < 1.29 is 27.4 Å². The van der Waals surface area contributed by atoms with Crippen LogP contribution in [0.25, 0.3) is 0 Å². The molecule has 0 aliphatic heterocycles. The van der Waals surface area contributed by atoms with Gasteiger partial charge in [0.05, 0.1) is 22.5 Å². The third-order valence-corrected chi connectivity index (χ3v) is 8.38. The Morgan fingerprint density at radius 3 is 2.25 bits per heavy atom. The molecule has 172 valence electrons. The van der Waals surface area contributed by atoms with Crippen molar-refractivity contribution in [2.75, 3.05) is 12.9 Å². The van der Waals surface area contributed by atoms with E-state index < -0.39 is 32.6 Å². The monoisotopic (exact) mass is 460 g/mol. The molecule has 0 aromatic heterocycles. The molecule has 0 spiro atoms. The highest BCUT2D eigenvalue weighted by Crippen LogP contribution is 2.50. The summed E-state index contributed by atoms with van der Waals surface area (Å²) >= 11 is 0. The van der Waals surface area contributed by atoms with Crippen molar-refractivity contribution in [2.45, 2.75) is 61.4 Å². The Balaban J connectivity index is 1.75. The van der Waals surface area contributed by atoms with Crippen LogP contribution in [0.1, 0.15) is 55.2 Å². The van der Waals surface area contributed by atoms with E-state index in [0.29, 0.717) is 43.8 Å². The maximum Gasteiger partial charge on any atom is 0.314 e. The number of ether oxygens (including phenoxy) is 1. The summed E-state index contributed by atoms with van der Waals surface area (Å²) in [5.74, 6) is -1.02. The quantitative estimate of drug-likeness (QED) is 0.645. The van der Waals surface area contributed by atoms with Crippen LogP contribution in [0.5, 0.6) is 0 Å². The number of carboxylic acids is 1. The van der Waals surface area contributed by atoms with Gasteiger partial charge in [0.2, 0.25) is 0 Å². The summed E-state index contributed by atoms with van der Waals surface area (Å²) in [6.45, 7) is 1.97. The minimum Gasteiger partial charge on any atom is -0.481 e. The van der Waals surface area contributed by atoms with Gasteiger partial charge < -0.3 is 9.84 Å². The van der Waals surface area contributed by atoms with Crippen molar-refractivity contribution in [2.24, 2.45) is 5.92 Å². The van der Waals surface area contributed by atoms with E-state index in [1.165, 1.54) is 19.1 Å². The van der Waals surface area contributed by atoms with Gasteiger partial charge in [-0.15, -0.1) is 0 Å². The van der Waals surface area contributed by atoms with E-state index in [4.69, 9.17) is 4.74 Å². The highest BCUT2D eigenvalue weighted by molar-refractivity contribution is 7.90. The minimum absolute atomic E-state index is 0.0416. The highest BCUT2D eigenvalue weighted by atomic mass is 32.2. The molecule has 0 saturated heterocycles. The van der Waals surface area contributed by atoms with Crippen LogP contribution in [0.2, 0.25) is 0 Å². The smallest absolute Gasteiger partial charge is 0.314 e. The van der Waals surface area contributed by atoms with Gasteiger partial charge >= 0.3 is 5.97 Å². The van der Waals surface area contributed by atoms with Gasteiger partial charge in [-0.1, -0.05) is 30.3 Å². The molecule has 5 nitrogen and oxygen atoms in total. The van der Waals surface area contributed by atoms with Crippen LogP contribution in [0.4, 0.5) is 4.39 Å². The average molecular weight is 461 g/mol. The zero-order valence-electron chi connectivity index (χ0n) is 18.4. The van der Waals surface area contributed by atoms with Gasteiger partial charge in [0.1, 0.15) is 5.82 Å². The molecule has 2 aromatic carbocycles. The molecular formula is C25H29FO5S. The maximum atomic E-state index is 14.8. The van der Waals surface area contributed by atoms with Crippen LogP contribution in [-0.2, 0) is 30.4 Å². The first kappa shape index (κ1) is 22.9. The number of sulfone groups is 1. The number of hydrogen-bond acceptors (Lipinski definition) is 4. The molecule has 1 N–H and O–H groups in total. The van der Waals surface area contributed by atoms with E-state index in [9.17, 15) is 22.7 Å². The Labute approximate surface area is 188 Å². The second-order valence-electron chi connectivity index (χ2n) is 9.36. The fraction of sp³-hybridized carbons (Fsp3) is 0.480. The lowest BCUT2D eigenvalue weighted by Crippen LogP contribution is -2.46. The van der Waals surface area contributed by atoms with Gasteiger partial charge in [0.15, 0.2) is 9.84 Å². The predicted molar refractivity (Wildman–Crippen MR) is 119 cm³/mol. The number of carbonyl (C=O) groups is 1. The van der Waals surface area contributed by atoms with Gasteiger partial charge in [0.25, 0.3) is 0 Å². The third-order valence-electron chi connectivity index (χ3n) is 7.16. The number of carboxylic acid groups (broad SMARTS) is 1. The molecule has 0 radical (unpaired) electrons. The van der Waals surface area contributed by atoms with Crippen molar-refractivity contribution in [3.63, 3.8) is 0 Å². The van der Waals surface area contributed by atoms with Crippen LogP contribution in [-0.4, -0.2) is 32.4 Å². The molecule has 2 fully saturated rings. The van der Waals surface area contributed by atoms with Crippen molar-refractivity contribution in [3.05, 3.63) is 65.0 Å². The second kappa shape index (κ2) is 8.27. The fourth-order valence-corrected chi connectivity index (χ4v) is 5.84. The zero-order valence-corrected chi connectivity index (χ0v) is 19.3. The number of rotatable bonds is 7. The summed E-state index contributed by atoms with van der Waals surface area (Å²) in [5, 5.41) is 10.2. The number of aliphatic carboxylic acids is 1. The van der Waals surface area contributed by atoms with Crippen LogP contribution in [0, 0.1) is 18.7 Å². The fourth-order valence-electron chi connectivity index (χ4n) is 4.84. The summed E-state index contributed by atoms with van der Waals surface area (Å²) in [6.07, 6.45) is 4.61. The summed E-state index contributed by atoms with van der Waals surface area (Å²) in [4.78, 5) is 12.4. The Kier molecular flexibility index (Phi) is 5.92. The summed E-state index contributed by atoms with van der Waals surface area (Å²) in [5.41, 5.74) is -0.640. The lowest BCUT2D eigenvalue weighted by molar-refractivity contribution is -0.151. The van der Waals surface area contributed by atoms with Crippen LogP contribution >= 0.6 is 0 Å². The van der Waals surface area contributed by atoms with Crippen molar-refractivity contribution in [1.29, 1.82) is 0 Å². The van der Waals surface area contributed by atoms with Gasteiger partial charge in [-0.3, -0.25) is 4.79 Å². The zero-order chi connectivity index (χ0) is 23.1. The molecule has 0 bridgehead atoms. The Hall–Kier alpha value is -2.25. The van der Waals surface area contributed by atoms with E-state index in [1.54, 1.807) is 0 Å². The lowest BCUT2D eigenvalue weighted by atomic mass is 9.63. The van der Waals surface area contributed by atoms with E-state index in [1.807, 2.05) is 30.3 Å². The predicted octanol–water partition coefficient (Wildman–Crippen LogP) is 4.76. The van der Waals surface area contributed by atoms with Gasteiger partial charge in [-0.05, 0) is 74.6 Å². The topological polar surface area (TPSA) is 80.7 Å². The largest absolute Gasteiger partial charge is 0.481 e. The van der Waals surface area contributed by atoms with E-state index in [0.717, 1.165) is 24.7 Å². The molecule has 4 rings (SSSR count). The van der Waals surface area contributed by atoms with Gasteiger partial charge in [-0.25, -0.2) is 12.8 Å². The van der Waals surface area contributed by atoms with Crippen LogP contribution in [0.15, 0.2) is 47.4 Å². The van der Waals surface area contributed by atoms with E-state index >= 15 is 0 Å². The first-order valence-corrected chi connectivity index (χ1v) is 12.9. The normalized spacial score (nSPS) is 26.1.